The Morgan fingerprint density at radius 3 is 2.53 bits per heavy atom. The molecule has 0 aliphatic carbocycles. The molecular formula is C13H16ClNO4. The largest absolute Gasteiger partial charge is 0.349 e. The number of halogens is 1. The maximum Gasteiger partial charge on any atom is 0.276 e. The van der Waals surface area contributed by atoms with Crippen molar-refractivity contribution in [2.45, 2.75) is 20.1 Å². The molecule has 0 fully saturated rings. The van der Waals surface area contributed by atoms with Gasteiger partial charge in [0, 0.05) is 24.3 Å². The molecule has 0 saturated heterocycles. The Morgan fingerprint density at radius 1 is 1.37 bits per heavy atom. The van der Waals surface area contributed by atoms with Crippen molar-refractivity contribution < 1.29 is 14.4 Å². The van der Waals surface area contributed by atoms with Crippen LogP contribution in [-0.2, 0) is 9.47 Å². The van der Waals surface area contributed by atoms with Crippen molar-refractivity contribution >= 4 is 23.4 Å². The Labute approximate surface area is 116 Å². The van der Waals surface area contributed by atoms with Crippen LogP contribution >= 0.6 is 11.6 Å². The molecule has 1 aromatic rings. The Morgan fingerprint density at radius 2 is 2.00 bits per heavy atom. The van der Waals surface area contributed by atoms with Gasteiger partial charge in [-0.15, -0.1) is 0 Å². The van der Waals surface area contributed by atoms with Gasteiger partial charge >= 0.3 is 0 Å². The van der Waals surface area contributed by atoms with Crippen LogP contribution in [0.3, 0.4) is 0 Å². The third-order valence-corrected chi connectivity index (χ3v) is 2.52. The maximum atomic E-state index is 10.9. The second-order valence-corrected chi connectivity index (χ2v) is 4.03. The monoisotopic (exact) mass is 285 g/mol. The highest BCUT2D eigenvalue weighted by atomic mass is 35.5. The molecule has 0 radical (unpaired) electrons. The number of nitro groups is 1. The summed E-state index contributed by atoms with van der Waals surface area (Å²) in [6.07, 6.45) is 2.69. The first-order valence-electron chi connectivity index (χ1n) is 5.93. The van der Waals surface area contributed by atoms with Crippen molar-refractivity contribution in [2.24, 2.45) is 0 Å². The van der Waals surface area contributed by atoms with Gasteiger partial charge < -0.3 is 9.47 Å². The zero-order valence-corrected chi connectivity index (χ0v) is 11.6. The predicted octanol–water partition coefficient (Wildman–Crippen LogP) is 3.66. The molecule has 0 heterocycles. The van der Waals surface area contributed by atoms with Crippen LogP contribution in [0.15, 0.2) is 24.3 Å². The first-order chi connectivity index (χ1) is 9.08. The van der Waals surface area contributed by atoms with Gasteiger partial charge in [-0.05, 0) is 38.1 Å². The van der Waals surface area contributed by atoms with Crippen molar-refractivity contribution in [3.63, 3.8) is 0 Å². The average molecular weight is 286 g/mol. The van der Waals surface area contributed by atoms with E-state index in [-0.39, 0.29) is 5.69 Å². The minimum absolute atomic E-state index is 0.00704. The fraction of sp³-hybridized carbons (Fsp3) is 0.385. The number of hydrogen-bond acceptors (Lipinski definition) is 4. The highest BCUT2D eigenvalue weighted by Crippen LogP contribution is 2.24. The molecule has 0 atom stereocenters. The van der Waals surface area contributed by atoms with Crippen LogP contribution in [-0.4, -0.2) is 24.4 Å². The average Bonchev–Trinajstić information content (AvgIpc) is 2.36. The van der Waals surface area contributed by atoms with Gasteiger partial charge in [-0.3, -0.25) is 10.1 Å². The molecule has 0 spiro atoms. The number of benzene rings is 1. The van der Waals surface area contributed by atoms with E-state index in [0.717, 1.165) is 0 Å². The van der Waals surface area contributed by atoms with E-state index in [4.69, 9.17) is 21.1 Å². The van der Waals surface area contributed by atoms with Crippen LogP contribution in [0.25, 0.3) is 6.08 Å². The number of ether oxygens (including phenoxy) is 2. The van der Waals surface area contributed by atoms with E-state index in [0.29, 0.717) is 23.8 Å². The smallest absolute Gasteiger partial charge is 0.276 e. The molecule has 0 bridgehead atoms. The van der Waals surface area contributed by atoms with E-state index in [1.54, 1.807) is 12.2 Å². The van der Waals surface area contributed by atoms with E-state index < -0.39 is 11.2 Å². The summed E-state index contributed by atoms with van der Waals surface area (Å²) in [5.74, 6) is 0. The maximum absolute atomic E-state index is 10.9. The van der Waals surface area contributed by atoms with E-state index in [1.807, 2.05) is 13.8 Å². The van der Waals surface area contributed by atoms with Crippen LogP contribution in [0.2, 0.25) is 5.02 Å². The molecule has 0 amide bonds. The van der Waals surface area contributed by atoms with E-state index in [1.165, 1.54) is 18.2 Å². The van der Waals surface area contributed by atoms with Gasteiger partial charge in [0.05, 0.1) is 10.5 Å². The molecule has 1 rings (SSSR count). The molecule has 0 saturated carbocycles. The van der Waals surface area contributed by atoms with Crippen molar-refractivity contribution in [3.05, 3.63) is 45.0 Å². The molecule has 1 aromatic carbocycles. The lowest BCUT2D eigenvalue weighted by Crippen LogP contribution is -2.14. The highest BCUT2D eigenvalue weighted by molar-refractivity contribution is 6.30. The molecule has 104 valence electrons. The second-order valence-electron chi connectivity index (χ2n) is 3.60. The Bertz CT molecular complexity index is 456. The van der Waals surface area contributed by atoms with Gasteiger partial charge in [-0.2, -0.15) is 0 Å². The summed E-state index contributed by atoms with van der Waals surface area (Å²) >= 11 is 5.84. The second kappa shape index (κ2) is 7.89. The summed E-state index contributed by atoms with van der Waals surface area (Å²) in [6.45, 7) is 4.68. The molecule has 0 aliphatic heterocycles. The van der Waals surface area contributed by atoms with Crippen molar-refractivity contribution in [3.8, 4) is 0 Å². The summed E-state index contributed by atoms with van der Waals surface area (Å²) in [5.41, 5.74) is 0.411. The molecular weight excluding hydrogens is 270 g/mol. The van der Waals surface area contributed by atoms with Crippen LogP contribution < -0.4 is 0 Å². The first-order valence-corrected chi connectivity index (χ1v) is 6.31. The van der Waals surface area contributed by atoms with Crippen LogP contribution in [0.4, 0.5) is 5.69 Å². The van der Waals surface area contributed by atoms with Crippen molar-refractivity contribution in [1.82, 2.24) is 0 Å². The minimum Gasteiger partial charge on any atom is -0.349 e. The number of nitro benzene ring substituents is 1. The molecule has 5 nitrogen and oxygen atoms in total. The molecule has 19 heavy (non-hydrogen) atoms. The number of hydrogen-bond donors (Lipinski definition) is 0. The molecule has 0 N–H and O–H groups in total. The van der Waals surface area contributed by atoms with Gasteiger partial charge in [-0.1, -0.05) is 11.6 Å². The third kappa shape index (κ3) is 4.98. The van der Waals surface area contributed by atoms with Crippen molar-refractivity contribution in [1.29, 1.82) is 0 Å². The molecule has 0 aromatic heterocycles. The Hall–Kier alpha value is -1.43. The standard InChI is InChI=1S/C13H16ClNO4/c1-3-18-13(19-4-2)8-5-10-9-11(14)6-7-12(10)15(16)17/h5-9,13H,3-4H2,1-2H3/b8-5+. The van der Waals surface area contributed by atoms with E-state index >= 15 is 0 Å². The topological polar surface area (TPSA) is 61.6 Å². The van der Waals surface area contributed by atoms with Crippen molar-refractivity contribution in [2.75, 3.05) is 13.2 Å². The lowest BCUT2D eigenvalue weighted by Gasteiger charge is -2.12. The first kappa shape index (κ1) is 15.6. The fourth-order valence-electron chi connectivity index (χ4n) is 1.50. The van der Waals surface area contributed by atoms with Gasteiger partial charge in [0.1, 0.15) is 0 Å². The van der Waals surface area contributed by atoms with E-state index in [9.17, 15) is 10.1 Å². The SMILES string of the molecule is CCOC(/C=C/c1cc(Cl)ccc1[N+](=O)[O-])OCC. The zero-order valence-electron chi connectivity index (χ0n) is 10.8. The Kier molecular flexibility index (Phi) is 6.49. The summed E-state index contributed by atoms with van der Waals surface area (Å²) in [6, 6.07) is 4.39. The molecule has 0 aliphatic rings. The quantitative estimate of drug-likeness (QED) is 0.436. The Balaban J connectivity index is 2.95. The third-order valence-electron chi connectivity index (χ3n) is 2.28. The summed E-state index contributed by atoms with van der Waals surface area (Å²) < 4.78 is 10.6. The summed E-state index contributed by atoms with van der Waals surface area (Å²) in [5, 5.41) is 11.3. The molecule has 0 unspecified atom stereocenters. The fourth-order valence-corrected chi connectivity index (χ4v) is 1.68. The highest BCUT2D eigenvalue weighted by Gasteiger charge is 2.12. The number of nitrogens with zero attached hydrogens (tertiary/aromatic N) is 1. The minimum atomic E-state index is -0.520. The van der Waals surface area contributed by atoms with Crippen LogP contribution in [0, 0.1) is 10.1 Å². The van der Waals surface area contributed by atoms with Gasteiger partial charge in [0.25, 0.3) is 5.69 Å². The summed E-state index contributed by atoms with van der Waals surface area (Å²) in [7, 11) is 0. The van der Waals surface area contributed by atoms with Gasteiger partial charge in [0.15, 0.2) is 6.29 Å². The van der Waals surface area contributed by atoms with Gasteiger partial charge in [0.2, 0.25) is 0 Å². The van der Waals surface area contributed by atoms with Gasteiger partial charge in [-0.25, -0.2) is 0 Å². The normalized spacial score (nSPS) is 11.4. The zero-order chi connectivity index (χ0) is 14.3. The lowest BCUT2D eigenvalue weighted by molar-refractivity contribution is -0.385. The van der Waals surface area contributed by atoms with Crippen LogP contribution in [0.1, 0.15) is 19.4 Å². The lowest BCUT2D eigenvalue weighted by atomic mass is 10.1. The summed E-state index contributed by atoms with van der Waals surface area (Å²) in [4.78, 5) is 10.4. The number of rotatable bonds is 7. The molecule has 6 heteroatoms. The van der Waals surface area contributed by atoms with Crippen LogP contribution in [0.5, 0.6) is 0 Å². The van der Waals surface area contributed by atoms with E-state index in [2.05, 4.69) is 0 Å². The predicted molar refractivity (Wildman–Crippen MR) is 74.2 cm³/mol.